The van der Waals surface area contributed by atoms with Gasteiger partial charge in [0.2, 0.25) is 6.29 Å². The van der Waals surface area contributed by atoms with Crippen molar-refractivity contribution in [2.45, 2.75) is 85.5 Å². The van der Waals surface area contributed by atoms with E-state index < -0.39 is 11.7 Å². The van der Waals surface area contributed by atoms with Crippen LogP contribution in [0.15, 0.2) is 0 Å². The monoisotopic (exact) mass is 328 g/mol. The molecule has 0 N–H and O–H groups in total. The lowest BCUT2D eigenvalue weighted by Crippen LogP contribution is -2.35. The van der Waals surface area contributed by atoms with Crippen molar-refractivity contribution in [3.8, 4) is 0 Å². The average molecular weight is 328 g/mol. The van der Waals surface area contributed by atoms with Crippen LogP contribution in [0.4, 0.5) is 0 Å². The third kappa shape index (κ3) is 6.90. The Morgan fingerprint density at radius 1 is 1.13 bits per heavy atom. The summed E-state index contributed by atoms with van der Waals surface area (Å²) in [6.07, 6.45) is 5.25. The molecule has 0 heterocycles. The number of hydrogen-bond donors (Lipinski definition) is 0. The summed E-state index contributed by atoms with van der Waals surface area (Å²) in [6.45, 7) is 9.22. The average Bonchev–Trinajstić information content (AvgIpc) is 2.51. The van der Waals surface area contributed by atoms with Crippen molar-refractivity contribution in [2.24, 2.45) is 11.3 Å². The maximum atomic E-state index is 12.2. The molecule has 1 rings (SSSR count). The smallest absolute Gasteiger partial charge is 0.332 e. The summed E-state index contributed by atoms with van der Waals surface area (Å²) >= 11 is 0. The van der Waals surface area contributed by atoms with E-state index in [2.05, 4.69) is 0 Å². The zero-order chi connectivity index (χ0) is 17.5. The molecule has 0 spiro atoms. The molecule has 0 aromatic heterocycles. The highest BCUT2D eigenvalue weighted by atomic mass is 16.7. The lowest BCUT2D eigenvalue weighted by Gasteiger charge is -2.27. The fraction of sp³-hybridized carbons (Fsp3) is 0.889. The molecule has 1 aliphatic carbocycles. The van der Waals surface area contributed by atoms with Crippen molar-refractivity contribution in [1.82, 2.24) is 0 Å². The van der Waals surface area contributed by atoms with Crippen molar-refractivity contribution < 1.29 is 23.8 Å². The molecule has 0 radical (unpaired) electrons. The van der Waals surface area contributed by atoms with Crippen molar-refractivity contribution in [3.05, 3.63) is 0 Å². The Kier molecular flexibility index (Phi) is 8.03. The molecule has 134 valence electrons. The van der Waals surface area contributed by atoms with Crippen molar-refractivity contribution in [3.63, 3.8) is 0 Å². The van der Waals surface area contributed by atoms with Gasteiger partial charge >= 0.3 is 11.9 Å². The van der Waals surface area contributed by atoms with Gasteiger partial charge in [-0.05, 0) is 46.0 Å². The second kappa shape index (κ2) is 9.26. The van der Waals surface area contributed by atoms with E-state index in [1.54, 1.807) is 0 Å². The number of carbonyl (C=O) groups excluding carboxylic acids is 2. The lowest BCUT2D eigenvalue weighted by atomic mass is 9.90. The van der Waals surface area contributed by atoms with E-state index in [9.17, 15) is 9.59 Å². The van der Waals surface area contributed by atoms with Crippen molar-refractivity contribution >= 4 is 11.9 Å². The normalized spacial score (nSPS) is 17.8. The fourth-order valence-corrected chi connectivity index (χ4v) is 2.32. The number of hydrogen-bond acceptors (Lipinski definition) is 5. The quantitative estimate of drug-likeness (QED) is 0.500. The first-order chi connectivity index (χ1) is 10.8. The van der Waals surface area contributed by atoms with Crippen LogP contribution in [-0.4, -0.2) is 30.9 Å². The van der Waals surface area contributed by atoms with Crippen LogP contribution in [0.2, 0.25) is 0 Å². The second-order valence-corrected chi connectivity index (χ2v) is 7.32. The van der Waals surface area contributed by atoms with E-state index >= 15 is 0 Å². The molecular formula is C18H32O5. The molecule has 1 unspecified atom stereocenters. The molecule has 0 aromatic rings. The Morgan fingerprint density at radius 3 is 2.26 bits per heavy atom. The highest BCUT2D eigenvalue weighted by molar-refractivity contribution is 5.76. The van der Waals surface area contributed by atoms with Crippen LogP contribution in [0, 0.1) is 11.3 Å². The molecule has 0 aliphatic heterocycles. The second-order valence-electron chi connectivity index (χ2n) is 7.32. The number of rotatable bonds is 8. The number of esters is 2. The Bertz CT molecular complexity index is 383. The molecule has 1 atom stereocenters. The third-order valence-electron chi connectivity index (χ3n) is 4.42. The summed E-state index contributed by atoms with van der Waals surface area (Å²) < 4.78 is 16.3. The van der Waals surface area contributed by atoms with Gasteiger partial charge in [-0.2, -0.15) is 0 Å². The first kappa shape index (κ1) is 19.9. The van der Waals surface area contributed by atoms with Gasteiger partial charge in [0, 0.05) is 5.92 Å². The van der Waals surface area contributed by atoms with Gasteiger partial charge in [-0.1, -0.05) is 27.2 Å². The van der Waals surface area contributed by atoms with Crippen LogP contribution in [0.1, 0.15) is 73.1 Å². The Labute approximate surface area is 140 Å². The summed E-state index contributed by atoms with van der Waals surface area (Å²) in [4.78, 5) is 24.0. The minimum atomic E-state index is -0.729. The SMILES string of the molecule is CCC(C)(C)C(=O)OC(OCC(=O)OC1CCCCC1)C(C)C. The Morgan fingerprint density at radius 2 is 1.74 bits per heavy atom. The van der Waals surface area contributed by atoms with Crippen molar-refractivity contribution in [2.75, 3.05) is 6.61 Å². The Balaban J connectivity index is 2.43. The minimum absolute atomic E-state index is 0.0129. The van der Waals surface area contributed by atoms with Gasteiger partial charge in [-0.15, -0.1) is 0 Å². The van der Waals surface area contributed by atoms with Gasteiger partial charge in [0.05, 0.1) is 5.41 Å². The molecule has 23 heavy (non-hydrogen) atoms. The van der Waals surface area contributed by atoms with Crippen molar-refractivity contribution in [1.29, 1.82) is 0 Å². The predicted octanol–water partition coefficient (Wildman–Crippen LogP) is 3.84. The number of ether oxygens (including phenoxy) is 3. The van der Waals surface area contributed by atoms with Gasteiger partial charge in [-0.25, -0.2) is 4.79 Å². The molecule has 5 heteroatoms. The molecule has 0 bridgehead atoms. The molecule has 0 aromatic carbocycles. The molecule has 1 fully saturated rings. The van der Waals surface area contributed by atoms with E-state index in [4.69, 9.17) is 14.2 Å². The van der Waals surface area contributed by atoms with Crippen LogP contribution in [0.25, 0.3) is 0 Å². The highest BCUT2D eigenvalue weighted by Crippen LogP contribution is 2.24. The zero-order valence-electron chi connectivity index (χ0n) is 15.2. The molecule has 1 aliphatic rings. The van der Waals surface area contributed by atoms with Crippen LogP contribution >= 0.6 is 0 Å². The standard InChI is InChI=1S/C18H32O5/c1-6-18(4,5)17(20)23-16(13(2)3)21-12-15(19)22-14-10-8-7-9-11-14/h13-14,16H,6-12H2,1-5H3. The summed E-state index contributed by atoms with van der Waals surface area (Å²) in [7, 11) is 0. The zero-order valence-corrected chi connectivity index (χ0v) is 15.2. The van der Waals surface area contributed by atoms with Gasteiger partial charge in [0.1, 0.15) is 12.7 Å². The van der Waals surface area contributed by atoms with E-state index in [-0.39, 0.29) is 30.6 Å². The lowest BCUT2D eigenvalue weighted by molar-refractivity contribution is -0.204. The number of carbonyl (C=O) groups is 2. The molecule has 0 saturated heterocycles. The molecule has 5 nitrogen and oxygen atoms in total. The first-order valence-corrected chi connectivity index (χ1v) is 8.78. The maximum absolute atomic E-state index is 12.2. The third-order valence-corrected chi connectivity index (χ3v) is 4.42. The molecular weight excluding hydrogens is 296 g/mol. The summed E-state index contributed by atoms with van der Waals surface area (Å²) in [5.74, 6) is -0.721. The predicted molar refractivity (Wildman–Crippen MR) is 87.7 cm³/mol. The molecule has 0 amide bonds. The maximum Gasteiger partial charge on any atom is 0.332 e. The van der Waals surface area contributed by atoms with Gasteiger partial charge in [-0.3, -0.25) is 4.79 Å². The molecule has 1 saturated carbocycles. The fourth-order valence-electron chi connectivity index (χ4n) is 2.32. The van der Waals surface area contributed by atoms with Gasteiger partial charge < -0.3 is 14.2 Å². The van der Waals surface area contributed by atoms with E-state index in [0.29, 0.717) is 6.42 Å². The van der Waals surface area contributed by atoms with E-state index in [1.165, 1.54) is 6.42 Å². The summed E-state index contributed by atoms with van der Waals surface area (Å²) in [5, 5.41) is 0. The summed E-state index contributed by atoms with van der Waals surface area (Å²) in [6, 6.07) is 0. The van der Waals surface area contributed by atoms with Gasteiger partial charge in [0.25, 0.3) is 0 Å². The van der Waals surface area contributed by atoms with E-state index in [0.717, 1.165) is 25.7 Å². The summed E-state index contributed by atoms with van der Waals surface area (Å²) in [5.41, 5.74) is -0.556. The largest absolute Gasteiger partial charge is 0.461 e. The highest BCUT2D eigenvalue weighted by Gasteiger charge is 2.31. The van der Waals surface area contributed by atoms with Gasteiger partial charge in [0.15, 0.2) is 0 Å². The van der Waals surface area contributed by atoms with E-state index in [1.807, 2.05) is 34.6 Å². The minimum Gasteiger partial charge on any atom is -0.461 e. The van der Waals surface area contributed by atoms with Crippen LogP contribution in [-0.2, 0) is 23.8 Å². The first-order valence-electron chi connectivity index (χ1n) is 8.78. The topological polar surface area (TPSA) is 61.8 Å². The van der Waals surface area contributed by atoms with Crippen LogP contribution in [0.3, 0.4) is 0 Å². The van der Waals surface area contributed by atoms with Crippen LogP contribution in [0.5, 0.6) is 0 Å². The van der Waals surface area contributed by atoms with Crippen LogP contribution < -0.4 is 0 Å². The Hall–Kier alpha value is -1.10.